The van der Waals surface area contributed by atoms with E-state index in [-0.39, 0.29) is 11.8 Å². The van der Waals surface area contributed by atoms with Gasteiger partial charge in [-0.25, -0.2) is 0 Å². The van der Waals surface area contributed by atoms with Gasteiger partial charge in [-0.3, -0.25) is 9.59 Å². The molecule has 19 heavy (non-hydrogen) atoms. The van der Waals surface area contributed by atoms with Crippen molar-refractivity contribution in [2.45, 2.75) is 25.4 Å². The average Bonchev–Trinajstić information content (AvgIpc) is 2.83. The molecule has 1 aromatic rings. The Bertz CT molecular complexity index is 505. The Morgan fingerprint density at radius 1 is 1.58 bits per heavy atom. The second-order valence-corrected chi connectivity index (χ2v) is 5.25. The van der Waals surface area contributed by atoms with Gasteiger partial charge in [0.05, 0.1) is 7.11 Å². The van der Waals surface area contributed by atoms with Crippen molar-refractivity contribution < 1.29 is 14.3 Å². The highest BCUT2D eigenvalue weighted by Crippen LogP contribution is 2.22. The fraction of sp³-hybridized carbons (Fsp3) is 0.385. The summed E-state index contributed by atoms with van der Waals surface area (Å²) < 4.78 is 6.16. The van der Waals surface area contributed by atoms with Crippen LogP contribution in [0.1, 0.15) is 18.4 Å². The fourth-order valence-electron chi connectivity index (χ4n) is 2.00. The van der Waals surface area contributed by atoms with E-state index in [0.29, 0.717) is 19.4 Å². The summed E-state index contributed by atoms with van der Waals surface area (Å²) in [6.45, 7) is 0.369. The summed E-state index contributed by atoms with van der Waals surface area (Å²) in [5.74, 6) is 0.493. The summed E-state index contributed by atoms with van der Waals surface area (Å²) in [6, 6.07) is 5.20. The summed E-state index contributed by atoms with van der Waals surface area (Å²) in [7, 11) is 1.59. The van der Waals surface area contributed by atoms with Crippen molar-refractivity contribution in [3.05, 3.63) is 28.2 Å². The Morgan fingerprint density at radius 3 is 3.00 bits per heavy atom. The van der Waals surface area contributed by atoms with Crippen LogP contribution in [-0.4, -0.2) is 25.0 Å². The first-order chi connectivity index (χ1) is 9.10. The van der Waals surface area contributed by atoms with Crippen molar-refractivity contribution in [2.75, 3.05) is 7.11 Å². The maximum atomic E-state index is 11.9. The van der Waals surface area contributed by atoms with Gasteiger partial charge in [-0.15, -0.1) is 0 Å². The first-order valence-corrected chi connectivity index (χ1v) is 6.79. The minimum absolute atomic E-state index is 0.0693. The van der Waals surface area contributed by atoms with Crippen LogP contribution in [-0.2, 0) is 16.1 Å². The van der Waals surface area contributed by atoms with E-state index in [2.05, 4.69) is 26.6 Å². The van der Waals surface area contributed by atoms with Crippen LogP contribution in [0.5, 0.6) is 5.75 Å². The van der Waals surface area contributed by atoms with Crippen molar-refractivity contribution in [2.24, 2.45) is 0 Å². The molecule has 2 rings (SSSR count). The van der Waals surface area contributed by atoms with Crippen LogP contribution in [0, 0.1) is 0 Å². The van der Waals surface area contributed by atoms with Crippen molar-refractivity contribution in [3.63, 3.8) is 0 Å². The summed E-state index contributed by atoms with van der Waals surface area (Å²) >= 11 is 3.38. The van der Waals surface area contributed by atoms with E-state index in [1.807, 2.05) is 18.2 Å². The number of ether oxygens (including phenoxy) is 1. The van der Waals surface area contributed by atoms with Gasteiger partial charge in [-0.2, -0.15) is 0 Å². The van der Waals surface area contributed by atoms with Gasteiger partial charge in [0, 0.05) is 23.0 Å². The number of nitrogens with one attached hydrogen (secondary N) is 2. The van der Waals surface area contributed by atoms with Crippen LogP contribution >= 0.6 is 15.9 Å². The molecule has 102 valence electrons. The third kappa shape index (κ3) is 3.47. The molecule has 5 nitrogen and oxygen atoms in total. The first kappa shape index (κ1) is 13.9. The van der Waals surface area contributed by atoms with Gasteiger partial charge in [0.15, 0.2) is 0 Å². The molecule has 1 atom stereocenters. The normalized spacial score (nSPS) is 18.0. The number of hydrogen-bond acceptors (Lipinski definition) is 3. The molecule has 1 fully saturated rings. The van der Waals surface area contributed by atoms with Crippen LogP contribution in [0.25, 0.3) is 0 Å². The molecule has 0 aromatic heterocycles. The van der Waals surface area contributed by atoms with Crippen LogP contribution in [0.4, 0.5) is 0 Å². The largest absolute Gasteiger partial charge is 0.496 e. The molecular weight excluding hydrogens is 312 g/mol. The predicted molar refractivity (Wildman–Crippen MR) is 73.7 cm³/mol. The van der Waals surface area contributed by atoms with Crippen molar-refractivity contribution in [1.29, 1.82) is 0 Å². The van der Waals surface area contributed by atoms with E-state index in [4.69, 9.17) is 4.74 Å². The maximum Gasteiger partial charge on any atom is 0.242 e. The zero-order valence-corrected chi connectivity index (χ0v) is 12.1. The lowest BCUT2D eigenvalue weighted by Crippen LogP contribution is -2.41. The smallest absolute Gasteiger partial charge is 0.242 e. The number of rotatable bonds is 4. The number of benzene rings is 1. The highest BCUT2D eigenvalue weighted by molar-refractivity contribution is 9.10. The SMILES string of the molecule is COc1ccc(Br)cc1CNC(=O)C1CCC(=O)N1. The minimum atomic E-state index is -0.411. The molecule has 6 heteroatoms. The second-order valence-electron chi connectivity index (χ2n) is 4.33. The molecule has 1 aromatic carbocycles. The van der Waals surface area contributed by atoms with E-state index >= 15 is 0 Å². The monoisotopic (exact) mass is 326 g/mol. The van der Waals surface area contributed by atoms with Crippen LogP contribution in [0.2, 0.25) is 0 Å². The number of hydrogen-bond donors (Lipinski definition) is 2. The summed E-state index contributed by atoms with van der Waals surface area (Å²) in [4.78, 5) is 22.9. The lowest BCUT2D eigenvalue weighted by Gasteiger charge is -2.13. The van der Waals surface area contributed by atoms with E-state index in [1.54, 1.807) is 7.11 Å². The van der Waals surface area contributed by atoms with Gasteiger partial charge in [0.2, 0.25) is 11.8 Å². The molecule has 0 spiro atoms. The lowest BCUT2D eigenvalue weighted by atomic mass is 10.2. The highest BCUT2D eigenvalue weighted by Gasteiger charge is 2.26. The van der Waals surface area contributed by atoms with Gasteiger partial charge in [-0.05, 0) is 24.6 Å². The van der Waals surface area contributed by atoms with Crippen molar-refractivity contribution >= 4 is 27.7 Å². The topological polar surface area (TPSA) is 67.4 Å². The number of methoxy groups -OCH3 is 1. The molecule has 0 radical (unpaired) electrons. The quantitative estimate of drug-likeness (QED) is 0.877. The first-order valence-electron chi connectivity index (χ1n) is 5.99. The van der Waals surface area contributed by atoms with Crippen molar-refractivity contribution in [1.82, 2.24) is 10.6 Å². The second kappa shape index (κ2) is 6.06. The van der Waals surface area contributed by atoms with Crippen LogP contribution < -0.4 is 15.4 Å². The third-order valence-corrected chi connectivity index (χ3v) is 3.50. The third-order valence-electron chi connectivity index (χ3n) is 3.01. The molecule has 1 saturated heterocycles. The number of carbonyl (C=O) groups is 2. The summed E-state index contributed by atoms with van der Waals surface area (Å²) in [6.07, 6.45) is 0.971. The Balaban J connectivity index is 1.96. The van der Waals surface area contributed by atoms with E-state index in [1.165, 1.54) is 0 Å². The molecule has 2 amide bonds. The van der Waals surface area contributed by atoms with E-state index in [9.17, 15) is 9.59 Å². The lowest BCUT2D eigenvalue weighted by molar-refractivity contribution is -0.125. The highest BCUT2D eigenvalue weighted by atomic mass is 79.9. The van der Waals surface area contributed by atoms with Gasteiger partial charge in [0.25, 0.3) is 0 Å². The van der Waals surface area contributed by atoms with E-state index < -0.39 is 6.04 Å². The zero-order chi connectivity index (χ0) is 13.8. The average molecular weight is 327 g/mol. The van der Waals surface area contributed by atoms with E-state index in [0.717, 1.165) is 15.8 Å². The van der Waals surface area contributed by atoms with Crippen LogP contribution in [0.3, 0.4) is 0 Å². The molecule has 0 bridgehead atoms. The van der Waals surface area contributed by atoms with Gasteiger partial charge >= 0.3 is 0 Å². The molecule has 0 saturated carbocycles. The summed E-state index contributed by atoms with van der Waals surface area (Å²) in [5, 5.41) is 5.45. The summed E-state index contributed by atoms with van der Waals surface area (Å²) in [5.41, 5.74) is 0.884. The maximum absolute atomic E-state index is 11.9. The standard InChI is InChI=1S/C13H15BrN2O3/c1-19-11-4-2-9(14)6-8(11)7-15-13(18)10-3-5-12(17)16-10/h2,4,6,10H,3,5,7H2,1H3,(H,15,18)(H,16,17). The van der Waals surface area contributed by atoms with Gasteiger partial charge in [-0.1, -0.05) is 15.9 Å². The fourth-order valence-corrected chi connectivity index (χ4v) is 2.41. The minimum Gasteiger partial charge on any atom is -0.496 e. The zero-order valence-electron chi connectivity index (χ0n) is 10.5. The number of carbonyl (C=O) groups excluding carboxylic acids is 2. The number of amides is 2. The molecule has 0 aliphatic carbocycles. The molecular formula is C13H15BrN2O3. The Labute approximate surface area is 119 Å². The van der Waals surface area contributed by atoms with Gasteiger partial charge in [0.1, 0.15) is 11.8 Å². The molecule has 1 aliphatic heterocycles. The molecule has 1 unspecified atom stereocenters. The molecule has 1 aliphatic rings. The predicted octanol–water partition coefficient (Wildman–Crippen LogP) is 1.35. The Kier molecular flexibility index (Phi) is 4.42. The van der Waals surface area contributed by atoms with Crippen molar-refractivity contribution in [3.8, 4) is 5.75 Å². The Morgan fingerprint density at radius 2 is 2.37 bits per heavy atom. The Hall–Kier alpha value is -1.56. The van der Waals surface area contributed by atoms with Gasteiger partial charge < -0.3 is 15.4 Å². The molecule has 1 heterocycles. The number of halogens is 1. The molecule has 2 N–H and O–H groups in total. The van der Waals surface area contributed by atoms with Crippen LogP contribution in [0.15, 0.2) is 22.7 Å².